The summed E-state index contributed by atoms with van der Waals surface area (Å²) in [6, 6.07) is 11.4. The molecule has 1 N–H and O–H groups in total. The largest absolute Gasteiger partial charge is 0.348 e. The van der Waals surface area contributed by atoms with Gasteiger partial charge in [0.1, 0.15) is 5.82 Å². The zero-order chi connectivity index (χ0) is 16.2. The minimum Gasteiger partial charge on any atom is -0.348 e. The molecule has 23 heavy (non-hydrogen) atoms. The fourth-order valence-corrected chi connectivity index (χ4v) is 3.04. The van der Waals surface area contributed by atoms with E-state index in [1.807, 2.05) is 29.6 Å². The maximum absolute atomic E-state index is 13.0. The first-order valence-electron chi connectivity index (χ1n) is 6.85. The lowest BCUT2D eigenvalue weighted by Gasteiger charge is -2.08. The molecule has 3 aromatic rings. The third kappa shape index (κ3) is 3.75. The lowest BCUT2D eigenvalue weighted by atomic mass is 10.2. The molecule has 3 nitrogen and oxygen atoms in total. The molecule has 0 aliphatic rings. The van der Waals surface area contributed by atoms with Crippen molar-refractivity contribution in [2.45, 2.75) is 6.54 Å². The Balaban J connectivity index is 1.71. The van der Waals surface area contributed by atoms with Crippen molar-refractivity contribution in [3.05, 3.63) is 76.0 Å². The standard InChI is InChI=1S/C17H12ClFN2OS/c18-14-9-12(19)3-4-13(14)17(22)21-10-11-5-6-20-15(8-11)16-2-1-7-23-16/h1-9H,10H2,(H,21,22). The Labute approximate surface area is 141 Å². The molecule has 1 aromatic carbocycles. The predicted molar refractivity (Wildman–Crippen MR) is 90.1 cm³/mol. The van der Waals surface area contributed by atoms with Crippen LogP contribution in [-0.4, -0.2) is 10.9 Å². The van der Waals surface area contributed by atoms with Gasteiger partial charge in [0.25, 0.3) is 5.91 Å². The molecule has 0 bridgehead atoms. The fraction of sp³-hybridized carbons (Fsp3) is 0.0588. The van der Waals surface area contributed by atoms with Crippen molar-refractivity contribution < 1.29 is 9.18 Å². The van der Waals surface area contributed by atoms with Gasteiger partial charge in [-0.25, -0.2) is 4.39 Å². The number of benzene rings is 1. The topological polar surface area (TPSA) is 42.0 Å². The highest BCUT2D eigenvalue weighted by Crippen LogP contribution is 2.23. The smallest absolute Gasteiger partial charge is 0.253 e. The Bertz CT molecular complexity index is 836. The summed E-state index contributed by atoms with van der Waals surface area (Å²) in [5, 5.41) is 4.86. The summed E-state index contributed by atoms with van der Waals surface area (Å²) in [7, 11) is 0. The molecule has 0 spiro atoms. The van der Waals surface area contributed by atoms with E-state index < -0.39 is 5.82 Å². The van der Waals surface area contributed by atoms with Crippen LogP contribution in [0.2, 0.25) is 5.02 Å². The van der Waals surface area contributed by atoms with E-state index in [1.54, 1.807) is 17.5 Å². The number of thiophene rings is 1. The normalized spacial score (nSPS) is 10.5. The first kappa shape index (κ1) is 15.6. The Hall–Kier alpha value is -2.24. The minimum atomic E-state index is -0.471. The van der Waals surface area contributed by atoms with E-state index in [0.29, 0.717) is 6.54 Å². The third-order valence-corrected chi connectivity index (χ3v) is 4.43. The van der Waals surface area contributed by atoms with Crippen LogP contribution in [0.1, 0.15) is 15.9 Å². The molecule has 0 saturated carbocycles. The number of nitrogens with zero attached hydrogens (tertiary/aromatic N) is 1. The number of nitrogens with one attached hydrogen (secondary N) is 1. The molecule has 0 unspecified atom stereocenters. The molecular formula is C17H12ClFN2OS. The second kappa shape index (κ2) is 6.89. The molecule has 0 atom stereocenters. The third-order valence-electron chi connectivity index (χ3n) is 3.23. The molecule has 0 saturated heterocycles. The maximum Gasteiger partial charge on any atom is 0.253 e. The van der Waals surface area contributed by atoms with Gasteiger partial charge in [-0.05, 0) is 47.3 Å². The molecule has 3 rings (SSSR count). The van der Waals surface area contributed by atoms with Crippen LogP contribution in [0, 0.1) is 5.82 Å². The molecule has 0 fully saturated rings. The number of carbonyl (C=O) groups excluding carboxylic acids is 1. The average Bonchev–Trinajstić information content (AvgIpc) is 3.07. The van der Waals surface area contributed by atoms with Gasteiger partial charge in [0, 0.05) is 12.7 Å². The second-order valence-electron chi connectivity index (χ2n) is 4.83. The van der Waals surface area contributed by atoms with Gasteiger partial charge in [0.2, 0.25) is 0 Å². The van der Waals surface area contributed by atoms with Gasteiger partial charge in [-0.3, -0.25) is 9.78 Å². The highest BCUT2D eigenvalue weighted by atomic mass is 35.5. The van der Waals surface area contributed by atoms with Crippen molar-refractivity contribution >= 4 is 28.8 Å². The average molecular weight is 347 g/mol. The van der Waals surface area contributed by atoms with E-state index in [0.717, 1.165) is 22.2 Å². The lowest BCUT2D eigenvalue weighted by molar-refractivity contribution is 0.0951. The molecule has 2 aromatic heterocycles. The molecular weight excluding hydrogens is 335 g/mol. The van der Waals surface area contributed by atoms with Crippen LogP contribution < -0.4 is 5.32 Å². The van der Waals surface area contributed by atoms with Crippen molar-refractivity contribution in [1.82, 2.24) is 10.3 Å². The van der Waals surface area contributed by atoms with Crippen LogP contribution in [0.15, 0.2) is 54.0 Å². The van der Waals surface area contributed by atoms with Crippen LogP contribution in [0.3, 0.4) is 0 Å². The van der Waals surface area contributed by atoms with Gasteiger partial charge in [0.15, 0.2) is 0 Å². The monoisotopic (exact) mass is 346 g/mol. The van der Waals surface area contributed by atoms with E-state index in [2.05, 4.69) is 10.3 Å². The van der Waals surface area contributed by atoms with Crippen molar-refractivity contribution in [2.24, 2.45) is 0 Å². The molecule has 116 valence electrons. The van der Waals surface area contributed by atoms with E-state index >= 15 is 0 Å². The van der Waals surface area contributed by atoms with Crippen LogP contribution in [0.5, 0.6) is 0 Å². The van der Waals surface area contributed by atoms with E-state index in [1.165, 1.54) is 12.1 Å². The van der Waals surface area contributed by atoms with Crippen LogP contribution >= 0.6 is 22.9 Å². The van der Waals surface area contributed by atoms with Crippen molar-refractivity contribution in [3.63, 3.8) is 0 Å². The van der Waals surface area contributed by atoms with Crippen molar-refractivity contribution in [3.8, 4) is 10.6 Å². The van der Waals surface area contributed by atoms with Crippen molar-refractivity contribution in [2.75, 3.05) is 0 Å². The molecule has 1 amide bonds. The molecule has 0 aliphatic carbocycles. The van der Waals surface area contributed by atoms with E-state index in [-0.39, 0.29) is 16.5 Å². The Morgan fingerprint density at radius 1 is 1.26 bits per heavy atom. The van der Waals surface area contributed by atoms with Gasteiger partial charge >= 0.3 is 0 Å². The van der Waals surface area contributed by atoms with Crippen LogP contribution in [0.25, 0.3) is 10.6 Å². The van der Waals surface area contributed by atoms with E-state index in [9.17, 15) is 9.18 Å². The fourth-order valence-electron chi connectivity index (χ4n) is 2.09. The SMILES string of the molecule is O=C(NCc1ccnc(-c2cccs2)c1)c1ccc(F)cc1Cl. The molecule has 6 heteroatoms. The molecule has 0 aliphatic heterocycles. The Morgan fingerprint density at radius 2 is 2.13 bits per heavy atom. The highest BCUT2D eigenvalue weighted by Gasteiger charge is 2.11. The first-order valence-corrected chi connectivity index (χ1v) is 8.11. The van der Waals surface area contributed by atoms with Gasteiger partial charge < -0.3 is 5.32 Å². The van der Waals surface area contributed by atoms with Gasteiger partial charge in [0.05, 0.1) is 21.2 Å². The van der Waals surface area contributed by atoms with Gasteiger partial charge in [-0.1, -0.05) is 17.7 Å². The number of rotatable bonds is 4. The molecule has 0 radical (unpaired) electrons. The van der Waals surface area contributed by atoms with Gasteiger partial charge in [-0.15, -0.1) is 11.3 Å². The summed E-state index contributed by atoms with van der Waals surface area (Å²) in [4.78, 5) is 17.5. The number of hydrogen-bond donors (Lipinski definition) is 1. The number of hydrogen-bond acceptors (Lipinski definition) is 3. The summed E-state index contributed by atoms with van der Waals surface area (Å²) in [6.45, 7) is 0.341. The highest BCUT2D eigenvalue weighted by molar-refractivity contribution is 7.13. The Morgan fingerprint density at radius 3 is 2.87 bits per heavy atom. The first-order chi connectivity index (χ1) is 11.1. The molecule has 2 heterocycles. The number of aromatic nitrogens is 1. The maximum atomic E-state index is 13.0. The summed E-state index contributed by atoms with van der Waals surface area (Å²) in [5.41, 5.74) is 2.04. The summed E-state index contributed by atoms with van der Waals surface area (Å²) >= 11 is 7.50. The van der Waals surface area contributed by atoms with Crippen molar-refractivity contribution in [1.29, 1.82) is 0 Å². The Kier molecular flexibility index (Phi) is 4.69. The number of amides is 1. The lowest BCUT2D eigenvalue weighted by Crippen LogP contribution is -2.23. The quantitative estimate of drug-likeness (QED) is 0.754. The zero-order valence-electron chi connectivity index (χ0n) is 11.9. The minimum absolute atomic E-state index is 0.0940. The van der Waals surface area contributed by atoms with Crippen LogP contribution in [-0.2, 0) is 6.54 Å². The summed E-state index contributed by atoms with van der Waals surface area (Å²) in [5.74, 6) is -0.814. The summed E-state index contributed by atoms with van der Waals surface area (Å²) < 4.78 is 13.0. The number of halogens is 2. The number of pyridine rings is 1. The summed E-state index contributed by atoms with van der Waals surface area (Å²) in [6.07, 6.45) is 1.71. The second-order valence-corrected chi connectivity index (χ2v) is 6.19. The van der Waals surface area contributed by atoms with E-state index in [4.69, 9.17) is 11.6 Å². The zero-order valence-corrected chi connectivity index (χ0v) is 13.5. The van der Waals surface area contributed by atoms with Gasteiger partial charge in [-0.2, -0.15) is 0 Å². The predicted octanol–water partition coefficient (Wildman–Crippen LogP) is 4.53. The van der Waals surface area contributed by atoms with Crippen LogP contribution in [0.4, 0.5) is 4.39 Å². The number of carbonyl (C=O) groups is 1.